The molecule has 7 nitrogen and oxygen atoms in total. The molecule has 0 radical (unpaired) electrons. The fraction of sp³-hybridized carbons (Fsp3) is 0.684. The van der Waals surface area contributed by atoms with Gasteiger partial charge in [-0.2, -0.15) is 0 Å². The van der Waals surface area contributed by atoms with E-state index < -0.39 is 45.4 Å². The molecule has 238 valence electrons. The highest BCUT2D eigenvalue weighted by Crippen LogP contribution is 2.72. The molecule has 1 aromatic heterocycles. The second-order valence-electron chi connectivity index (χ2n) is 17.5. The first-order chi connectivity index (χ1) is 21.3. The first-order valence-electron chi connectivity index (χ1n) is 17.5. The lowest BCUT2D eigenvalue weighted by Crippen LogP contribution is -2.75. The number of ether oxygens (including phenoxy) is 3. The fourth-order valence-corrected chi connectivity index (χ4v) is 13.1. The zero-order chi connectivity index (χ0) is 30.9. The van der Waals surface area contributed by atoms with Gasteiger partial charge < -0.3 is 24.3 Å². The number of esters is 1. The molecule has 7 atom stereocenters. The standard InChI is InChI=1S/C38H45NO6/c1-33(2)31-27(40)16-28-37(44-31,45-33)10-9-34(3)35(4)23(14-25-24-7-5-6-8-26(24)39-30(25)35)15-29(38(28,34)42)43-32(41)36-17-20-11-21(18-36)13-22(12-20)19-36/h5-8,16,20-23,29,31,39,42H,9-15,17-19H2,1-4H3/t20?,21?,22?,23-,29+,31+,34-,35-,36?,37?,38+/m1/s1. The second-order valence-corrected chi connectivity index (χ2v) is 17.5. The largest absolute Gasteiger partial charge is 0.458 e. The molecule has 1 unspecified atom stereocenters. The van der Waals surface area contributed by atoms with Crippen LogP contribution in [0, 0.1) is 34.5 Å². The summed E-state index contributed by atoms with van der Waals surface area (Å²) >= 11 is 0. The Morgan fingerprint density at radius 1 is 0.978 bits per heavy atom. The van der Waals surface area contributed by atoms with Crippen molar-refractivity contribution in [1.29, 1.82) is 0 Å². The van der Waals surface area contributed by atoms with E-state index in [-0.39, 0.29) is 17.7 Å². The molecule has 0 amide bonds. The summed E-state index contributed by atoms with van der Waals surface area (Å²) in [5, 5.41) is 14.9. The van der Waals surface area contributed by atoms with Crippen LogP contribution in [0.1, 0.15) is 96.7 Å². The van der Waals surface area contributed by atoms with E-state index >= 15 is 0 Å². The molecule has 2 N–H and O–H groups in total. The van der Waals surface area contributed by atoms with Gasteiger partial charge >= 0.3 is 5.97 Å². The van der Waals surface area contributed by atoms with Crippen molar-refractivity contribution in [3.63, 3.8) is 0 Å². The van der Waals surface area contributed by atoms with Crippen LogP contribution in [0.15, 0.2) is 35.9 Å². The molecule has 2 aromatic rings. The number of carbonyl (C=O) groups excluding carboxylic acids is 2. The summed E-state index contributed by atoms with van der Waals surface area (Å²) < 4.78 is 20.0. The molecule has 1 aromatic carbocycles. The summed E-state index contributed by atoms with van der Waals surface area (Å²) in [5.41, 5.74) is -0.128. The Bertz CT molecular complexity index is 1700. The van der Waals surface area contributed by atoms with Crippen LogP contribution in [0.3, 0.4) is 0 Å². The van der Waals surface area contributed by atoms with Crippen molar-refractivity contribution in [2.75, 3.05) is 0 Å². The monoisotopic (exact) mass is 611 g/mol. The van der Waals surface area contributed by atoms with Crippen molar-refractivity contribution in [2.24, 2.45) is 34.5 Å². The van der Waals surface area contributed by atoms with Crippen molar-refractivity contribution < 1.29 is 28.9 Å². The highest BCUT2D eigenvalue weighted by Gasteiger charge is 2.78. The number of nitrogens with one attached hydrogen (secondary N) is 1. The minimum atomic E-state index is -1.66. The van der Waals surface area contributed by atoms with E-state index in [1.165, 1.54) is 35.9 Å². The van der Waals surface area contributed by atoms with Crippen molar-refractivity contribution in [1.82, 2.24) is 4.98 Å². The molecule has 6 saturated carbocycles. The highest BCUT2D eigenvalue weighted by molar-refractivity contribution is 5.97. The molecular weight excluding hydrogens is 566 g/mol. The predicted molar refractivity (Wildman–Crippen MR) is 166 cm³/mol. The lowest BCUT2D eigenvalue weighted by Gasteiger charge is -2.67. The zero-order valence-corrected chi connectivity index (χ0v) is 26.9. The van der Waals surface area contributed by atoms with Gasteiger partial charge in [-0.25, -0.2) is 0 Å². The van der Waals surface area contributed by atoms with E-state index in [2.05, 4.69) is 43.1 Å². The number of aliphatic hydroxyl groups is 1. The molecule has 6 bridgehead atoms. The highest BCUT2D eigenvalue weighted by atomic mass is 16.8. The Labute approximate surface area is 264 Å². The minimum absolute atomic E-state index is 0.123. The number of hydrogen-bond acceptors (Lipinski definition) is 6. The van der Waals surface area contributed by atoms with E-state index in [4.69, 9.17) is 14.2 Å². The number of rotatable bonds is 2. The van der Waals surface area contributed by atoms with Crippen LogP contribution in [0.5, 0.6) is 0 Å². The number of fused-ring (bicyclic) bond motifs is 9. The molecule has 45 heavy (non-hydrogen) atoms. The van der Waals surface area contributed by atoms with Gasteiger partial charge in [0.15, 0.2) is 17.7 Å². The average Bonchev–Trinajstić information content (AvgIpc) is 3.57. The predicted octanol–water partition coefficient (Wildman–Crippen LogP) is 6.06. The van der Waals surface area contributed by atoms with Crippen molar-refractivity contribution in [3.8, 4) is 0 Å². The maximum Gasteiger partial charge on any atom is 0.312 e. The van der Waals surface area contributed by atoms with Crippen LogP contribution in [-0.2, 0) is 35.6 Å². The summed E-state index contributed by atoms with van der Waals surface area (Å²) in [6, 6.07) is 8.46. The summed E-state index contributed by atoms with van der Waals surface area (Å²) in [6.45, 7) is 8.27. The Morgan fingerprint density at radius 2 is 1.67 bits per heavy atom. The van der Waals surface area contributed by atoms with Gasteiger partial charge in [0.2, 0.25) is 0 Å². The molecule has 2 aliphatic heterocycles. The van der Waals surface area contributed by atoms with Crippen molar-refractivity contribution >= 4 is 22.7 Å². The van der Waals surface area contributed by atoms with Gasteiger partial charge in [-0.15, -0.1) is 0 Å². The molecule has 7 aliphatic carbocycles. The number of ketones is 1. The van der Waals surface area contributed by atoms with Crippen LogP contribution in [-0.4, -0.2) is 51.0 Å². The first-order valence-corrected chi connectivity index (χ1v) is 17.5. The van der Waals surface area contributed by atoms with Gasteiger partial charge in [0.1, 0.15) is 17.3 Å². The summed E-state index contributed by atoms with van der Waals surface area (Å²) in [5.74, 6) is 0.459. The third-order valence-electron chi connectivity index (χ3n) is 15.0. The van der Waals surface area contributed by atoms with Gasteiger partial charge in [-0.05, 0) is 113 Å². The summed E-state index contributed by atoms with van der Waals surface area (Å²) in [4.78, 5) is 32.1. The Kier molecular flexibility index (Phi) is 4.99. The number of carbonyl (C=O) groups is 2. The van der Waals surface area contributed by atoms with Crippen molar-refractivity contribution in [2.45, 2.75) is 127 Å². The van der Waals surface area contributed by atoms with Crippen LogP contribution in [0.2, 0.25) is 0 Å². The topological polar surface area (TPSA) is 97.9 Å². The number of aromatic nitrogens is 1. The van der Waals surface area contributed by atoms with Crippen LogP contribution in [0.4, 0.5) is 0 Å². The van der Waals surface area contributed by atoms with Crippen LogP contribution < -0.4 is 0 Å². The molecule has 1 spiro atoms. The normalized spacial score (nSPS) is 49.7. The van der Waals surface area contributed by atoms with E-state index in [0.29, 0.717) is 42.6 Å². The lowest BCUT2D eigenvalue weighted by atomic mass is 9.41. The number of para-hydroxylation sites is 1. The first kappa shape index (κ1) is 27.6. The van der Waals surface area contributed by atoms with E-state index in [9.17, 15) is 14.7 Å². The quantitative estimate of drug-likeness (QED) is 0.401. The maximum atomic E-state index is 14.6. The molecule has 7 fully saturated rings. The molecule has 9 aliphatic rings. The fourth-order valence-electron chi connectivity index (χ4n) is 13.1. The minimum Gasteiger partial charge on any atom is -0.458 e. The average molecular weight is 612 g/mol. The second kappa shape index (κ2) is 8.14. The van der Waals surface area contributed by atoms with Gasteiger partial charge in [-0.3, -0.25) is 9.59 Å². The Hall–Kier alpha value is -2.48. The SMILES string of the molecule is CC1(C)OC23CC[C@]4(C)[C@@]5(C)c6[nH]c7ccccc7c6C[C@@H]5C[C@H](OC(=O)C56CC7CC(CC(C7)C5)C6)[C@@]4(O)C2=CC(=O)[C@@H]1O3. The molecule has 3 heterocycles. The third-order valence-corrected chi connectivity index (χ3v) is 15.0. The molecule has 7 heteroatoms. The van der Waals surface area contributed by atoms with Gasteiger partial charge in [0.05, 0.1) is 5.41 Å². The number of H-pyrrole nitrogens is 1. The maximum absolute atomic E-state index is 14.6. The smallest absolute Gasteiger partial charge is 0.312 e. The Morgan fingerprint density at radius 3 is 2.38 bits per heavy atom. The van der Waals surface area contributed by atoms with Gasteiger partial charge in [0, 0.05) is 39.4 Å². The Balaban J connectivity index is 1.13. The number of benzene rings is 1. The summed E-state index contributed by atoms with van der Waals surface area (Å²) in [6.07, 6.45) is 9.06. The van der Waals surface area contributed by atoms with E-state index in [0.717, 1.165) is 31.2 Å². The molecule has 11 rings (SSSR count). The van der Waals surface area contributed by atoms with Crippen LogP contribution >= 0.6 is 0 Å². The van der Waals surface area contributed by atoms with Gasteiger partial charge in [0.25, 0.3) is 0 Å². The number of aromatic amines is 1. The van der Waals surface area contributed by atoms with E-state index in [1.807, 2.05) is 13.8 Å². The molecular formula is C38H45NO6. The lowest BCUT2D eigenvalue weighted by molar-refractivity contribution is -0.280. The molecule has 1 saturated heterocycles. The van der Waals surface area contributed by atoms with Crippen molar-refractivity contribution in [3.05, 3.63) is 47.2 Å². The van der Waals surface area contributed by atoms with Gasteiger partial charge in [-0.1, -0.05) is 32.0 Å². The number of hydrogen-bond donors (Lipinski definition) is 2. The zero-order valence-electron chi connectivity index (χ0n) is 26.9. The summed E-state index contributed by atoms with van der Waals surface area (Å²) in [7, 11) is 0. The van der Waals surface area contributed by atoms with E-state index in [1.54, 1.807) is 6.08 Å². The third kappa shape index (κ3) is 3.06. The van der Waals surface area contributed by atoms with Crippen LogP contribution in [0.25, 0.3) is 10.9 Å².